The van der Waals surface area contributed by atoms with Crippen LogP contribution in [0.1, 0.15) is 24.6 Å². The van der Waals surface area contributed by atoms with E-state index in [1.54, 1.807) is 0 Å². The maximum Gasteiger partial charge on any atom is 0.0493 e. The first kappa shape index (κ1) is 13.6. The quantitative estimate of drug-likeness (QED) is 0.799. The van der Waals surface area contributed by atoms with E-state index in [9.17, 15) is 0 Å². The second kappa shape index (κ2) is 6.92. The lowest BCUT2D eigenvalue weighted by molar-refractivity contribution is 0.216. The Labute approximate surface area is 110 Å². The fourth-order valence-corrected chi connectivity index (χ4v) is 2.69. The van der Waals surface area contributed by atoms with E-state index in [0.29, 0.717) is 6.04 Å². The van der Waals surface area contributed by atoms with Crippen molar-refractivity contribution in [3.05, 3.63) is 24.0 Å². The summed E-state index contributed by atoms with van der Waals surface area (Å²) in [6.07, 6.45) is 4.50. The molecule has 2 N–H and O–H groups in total. The first-order valence-electron chi connectivity index (χ1n) is 7.00. The predicted octanol–water partition coefficient (Wildman–Crippen LogP) is 1.30. The normalized spacial score (nSPS) is 19.3. The third kappa shape index (κ3) is 3.83. The van der Waals surface area contributed by atoms with Gasteiger partial charge in [0.1, 0.15) is 0 Å². The van der Waals surface area contributed by atoms with Gasteiger partial charge in [-0.15, -0.1) is 0 Å². The van der Waals surface area contributed by atoms with Crippen molar-refractivity contribution in [2.75, 3.05) is 46.8 Å². The predicted molar refractivity (Wildman–Crippen MR) is 75.8 cm³/mol. The molecule has 1 aliphatic heterocycles. The van der Waals surface area contributed by atoms with E-state index in [1.807, 2.05) is 6.20 Å². The summed E-state index contributed by atoms with van der Waals surface area (Å²) in [5.74, 6) is 0. The van der Waals surface area contributed by atoms with Crippen molar-refractivity contribution in [2.45, 2.75) is 18.9 Å². The molecular formula is C14H26N4. The van der Waals surface area contributed by atoms with Crippen molar-refractivity contribution in [2.24, 2.45) is 0 Å². The Morgan fingerprint density at radius 1 is 1.33 bits per heavy atom. The van der Waals surface area contributed by atoms with Gasteiger partial charge in [0.2, 0.25) is 0 Å². The standard InChI is InChI=1S/C14H26N4/c1-17(2)14(13-5-3-7-16-13)6-4-10-18-11-8-15-9-12-18/h3,5,7,14-16H,4,6,8-12H2,1-2H3. The fraction of sp³-hybridized carbons (Fsp3) is 0.714. The molecule has 1 aromatic rings. The van der Waals surface area contributed by atoms with Crippen LogP contribution in [0, 0.1) is 0 Å². The molecule has 2 rings (SSSR count). The van der Waals surface area contributed by atoms with Crippen molar-refractivity contribution in [3.8, 4) is 0 Å². The number of aromatic amines is 1. The second-order valence-corrected chi connectivity index (χ2v) is 5.34. The van der Waals surface area contributed by atoms with Crippen LogP contribution in [0.25, 0.3) is 0 Å². The Balaban J connectivity index is 1.76. The van der Waals surface area contributed by atoms with E-state index in [0.717, 1.165) is 13.1 Å². The van der Waals surface area contributed by atoms with Gasteiger partial charge in [-0.3, -0.25) is 0 Å². The molecule has 1 saturated heterocycles. The minimum atomic E-state index is 0.517. The van der Waals surface area contributed by atoms with Crippen molar-refractivity contribution < 1.29 is 0 Å². The zero-order valence-corrected chi connectivity index (χ0v) is 11.7. The van der Waals surface area contributed by atoms with Gasteiger partial charge >= 0.3 is 0 Å². The number of hydrogen-bond donors (Lipinski definition) is 2. The van der Waals surface area contributed by atoms with E-state index in [2.05, 4.69) is 46.3 Å². The molecule has 4 heteroatoms. The van der Waals surface area contributed by atoms with Gasteiger partial charge < -0.3 is 20.1 Å². The molecule has 1 unspecified atom stereocenters. The Kier molecular flexibility index (Phi) is 5.23. The number of hydrogen-bond acceptors (Lipinski definition) is 3. The van der Waals surface area contributed by atoms with Crippen molar-refractivity contribution in [3.63, 3.8) is 0 Å². The van der Waals surface area contributed by atoms with Crippen LogP contribution in [0.15, 0.2) is 18.3 Å². The van der Waals surface area contributed by atoms with Crippen molar-refractivity contribution >= 4 is 0 Å². The highest BCUT2D eigenvalue weighted by Crippen LogP contribution is 2.21. The van der Waals surface area contributed by atoms with Gasteiger partial charge in [0.05, 0.1) is 0 Å². The Bertz CT molecular complexity index is 315. The van der Waals surface area contributed by atoms with E-state index in [1.165, 1.54) is 38.2 Å². The molecule has 0 radical (unpaired) electrons. The molecule has 1 atom stereocenters. The highest BCUT2D eigenvalue weighted by Gasteiger charge is 2.15. The van der Waals surface area contributed by atoms with Gasteiger partial charge in [-0.2, -0.15) is 0 Å². The van der Waals surface area contributed by atoms with Crippen LogP contribution in [-0.4, -0.2) is 61.6 Å². The number of nitrogens with one attached hydrogen (secondary N) is 2. The Hall–Kier alpha value is -0.840. The van der Waals surface area contributed by atoms with Gasteiger partial charge in [-0.25, -0.2) is 0 Å². The number of piperazine rings is 1. The Morgan fingerprint density at radius 3 is 2.72 bits per heavy atom. The number of rotatable bonds is 6. The monoisotopic (exact) mass is 250 g/mol. The van der Waals surface area contributed by atoms with Crippen LogP contribution in [0.5, 0.6) is 0 Å². The first-order valence-corrected chi connectivity index (χ1v) is 7.00. The summed E-state index contributed by atoms with van der Waals surface area (Å²) < 4.78 is 0. The zero-order valence-electron chi connectivity index (χ0n) is 11.7. The molecule has 1 fully saturated rings. The van der Waals surface area contributed by atoms with Crippen LogP contribution < -0.4 is 5.32 Å². The molecule has 0 aromatic carbocycles. The average Bonchev–Trinajstić information content (AvgIpc) is 2.89. The number of H-pyrrole nitrogens is 1. The topological polar surface area (TPSA) is 34.3 Å². The minimum Gasteiger partial charge on any atom is -0.364 e. The Morgan fingerprint density at radius 2 is 2.11 bits per heavy atom. The summed E-state index contributed by atoms with van der Waals surface area (Å²) in [4.78, 5) is 8.22. The smallest absolute Gasteiger partial charge is 0.0493 e. The lowest BCUT2D eigenvalue weighted by atomic mass is 10.1. The SMILES string of the molecule is CN(C)C(CCCN1CCNCC1)c1ccc[nH]1. The van der Waals surface area contributed by atoms with Crippen LogP contribution in [0.4, 0.5) is 0 Å². The summed E-state index contributed by atoms with van der Waals surface area (Å²) in [5.41, 5.74) is 1.33. The minimum absolute atomic E-state index is 0.517. The highest BCUT2D eigenvalue weighted by atomic mass is 15.2. The second-order valence-electron chi connectivity index (χ2n) is 5.34. The maximum atomic E-state index is 3.40. The fourth-order valence-electron chi connectivity index (χ4n) is 2.69. The van der Waals surface area contributed by atoms with Crippen molar-refractivity contribution in [1.29, 1.82) is 0 Å². The summed E-state index contributed by atoms with van der Waals surface area (Å²) in [6, 6.07) is 4.79. The van der Waals surface area contributed by atoms with Crippen molar-refractivity contribution in [1.82, 2.24) is 20.1 Å². The molecule has 18 heavy (non-hydrogen) atoms. The molecule has 4 nitrogen and oxygen atoms in total. The lowest BCUT2D eigenvalue weighted by Crippen LogP contribution is -2.43. The van der Waals surface area contributed by atoms with Gasteiger partial charge in [-0.05, 0) is 45.6 Å². The third-order valence-electron chi connectivity index (χ3n) is 3.77. The summed E-state index contributed by atoms with van der Waals surface area (Å²) >= 11 is 0. The zero-order chi connectivity index (χ0) is 12.8. The van der Waals surface area contributed by atoms with Crippen LogP contribution in [0.2, 0.25) is 0 Å². The highest BCUT2D eigenvalue weighted by molar-refractivity contribution is 5.08. The van der Waals surface area contributed by atoms with Gasteiger partial charge in [0.15, 0.2) is 0 Å². The van der Waals surface area contributed by atoms with Gasteiger partial charge in [0, 0.05) is 44.1 Å². The molecular weight excluding hydrogens is 224 g/mol. The van der Waals surface area contributed by atoms with E-state index in [4.69, 9.17) is 0 Å². The molecule has 0 saturated carbocycles. The molecule has 1 aliphatic rings. The van der Waals surface area contributed by atoms with E-state index < -0.39 is 0 Å². The molecule has 0 bridgehead atoms. The van der Waals surface area contributed by atoms with E-state index in [-0.39, 0.29) is 0 Å². The molecule has 1 aromatic heterocycles. The van der Waals surface area contributed by atoms with Gasteiger partial charge in [0.25, 0.3) is 0 Å². The first-order chi connectivity index (χ1) is 8.77. The van der Waals surface area contributed by atoms with Crippen LogP contribution in [-0.2, 0) is 0 Å². The van der Waals surface area contributed by atoms with Gasteiger partial charge in [-0.1, -0.05) is 0 Å². The summed E-state index contributed by atoms with van der Waals surface area (Å²) in [7, 11) is 4.33. The molecule has 0 spiro atoms. The van der Waals surface area contributed by atoms with Crippen LogP contribution >= 0.6 is 0 Å². The van der Waals surface area contributed by atoms with E-state index >= 15 is 0 Å². The molecule has 2 heterocycles. The average molecular weight is 250 g/mol. The summed E-state index contributed by atoms with van der Waals surface area (Å²) in [6.45, 7) is 5.93. The summed E-state index contributed by atoms with van der Waals surface area (Å²) in [5, 5.41) is 3.40. The largest absolute Gasteiger partial charge is 0.364 e. The van der Waals surface area contributed by atoms with Crippen LogP contribution in [0.3, 0.4) is 0 Å². The number of aromatic nitrogens is 1. The number of nitrogens with zero attached hydrogens (tertiary/aromatic N) is 2. The molecule has 102 valence electrons. The third-order valence-corrected chi connectivity index (χ3v) is 3.77. The molecule has 0 aliphatic carbocycles. The lowest BCUT2D eigenvalue weighted by Gasteiger charge is -2.29. The maximum absolute atomic E-state index is 3.40. The molecule has 0 amide bonds.